The Labute approximate surface area is 129 Å². The molecule has 0 aliphatic carbocycles. The third-order valence-corrected chi connectivity index (χ3v) is 3.05. The van der Waals surface area contributed by atoms with E-state index in [2.05, 4.69) is 0 Å². The minimum absolute atomic E-state index is 0.147. The minimum Gasteiger partial charge on any atom is -0.166 e. The standard InChI is InChI=1S/C15H6F9/c16-13(17,18)9-3-1-2-8(6-9)11-5-4-10(14(19,20)21)7-12(11)15(22,23)24/h1-4,6-7H. The lowest BCUT2D eigenvalue weighted by molar-refractivity contribution is -0.142. The van der Waals surface area contributed by atoms with Crippen molar-refractivity contribution in [2.75, 3.05) is 0 Å². The van der Waals surface area contributed by atoms with E-state index in [1.54, 1.807) is 6.07 Å². The van der Waals surface area contributed by atoms with Crippen molar-refractivity contribution in [3.05, 3.63) is 59.2 Å². The van der Waals surface area contributed by atoms with Crippen molar-refractivity contribution in [2.24, 2.45) is 0 Å². The lowest BCUT2D eigenvalue weighted by atomic mass is 9.95. The van der Waals surface area contributed by atoms with Crippen molar-refractivity contribution in [2.45, 2.75) is 18.5 Å². The molecule has 0 unspecified atom stereocenters. The summed E-state index contributed by atoms with van der Waals surface area (Å²) in [7, 11) is 0. The molecule has 0 atom stereocenters. The summed E-state index contributed by atoms with van der Waals surface area (Å²) in [5.74, 6) is 0. The van der Waals surface area contributed by atoms with E-state index in [9.17, 15) is 39.5 Å². The molecule has 2 aromatic carbocycles. The summed E-state index contributed by atoms with van der Waals surface area (Å²) >= 11 is 0. The van der Waals surface area contributed by atoms with E-state index in [-0.39, 0.29) is 12.1 Å². The van der Waals surface area contributed by atoms with Gasteiger partial charge in [-0.15, -0.1) is 0 Å². The van der Waals surface area contributed by atoms with Gasteiger partial charge in [-0.25, -0.2) is 0 Å². The number of benzene rings is 2. The predicted octanol–water partition coefficient (Wildman–Crippen LogP) is 6.21. The Morgan fingerprint density at radius 3 is 1.75 bits per heavy atom. The van der Waals surface area contributed by atoms with Crippen LogP contribution in [0.1, 0.15) is 16.7 Å². The predicted molar refractivity (Wildman–Crippen MR) is 65.7 cm³/mol. The molecule has 129 valence electrons. The van der Waals surface area contributed by atoms with Gasteiger partial charge in [0.25, 0.3) is 0 Å². The van der Waals surface area contributed by atoms with Crippen LogP contribution in [0.15, 0.2) is 36.4 Å². The fraction of sp³-hybridized carbons (Fsp3) is 0.200. The van der Waals surface area contributed by atoms with Gasteiger partial charge in [-0.3, -0.25) is 0 Å². The van der Waals surface area contributed by atoms with Crippen LogP contribution in [0.2, 0.25) is 0 Å². The first-order valence-corrected chi connectivity index (χ1v) is 6.18. The first-order chi connectivity index (χ1) is 10.8. The van der Waals surface area contributed by atoms with Gasteiger partial charge >= 0.3 is 18.5 Å². The number of hydrogen-bond donors (Lipinski definition) is 0. The highest BCUT2D eigenvalue weighted by Gasteiger charge is 2.39. The average Bonchev–Trinajstić information content (AvgIpc) is 2.44. The number of hydrogen-bond acceptors (Lipinski definition) is 0. The lowest BCUT2D eigenvalue weighted by Gasteiger charge is -2.16. The molecule has 0 amide bonds. The second-order valence-corrected chi connectivity index (χ2v) is 4.75. The van der Waals surface area contributed by atoms with Gasteiger partial charge in [0.1, 0.15) is 0 Å². The third kappa shape index (κ3) is 3.82. The zero-order chi connectivity index (χ0) is 18.3. The highest BCUT2D eigenvalue weighted by atomic mass is 19.4. The maximum Gasteiger partial charge on any atom is 0.417 e. The molecule has 0 saturated heterocycles. The summed E-state index contributed by atoms with van der Waals surface area (Å²) in [4.78, 5) is 0. The van der Waals surface area contributed by atoms with Gasteiger partial charge in [0.15, 0.2) is 0 Å². The summed E-state index contributed by atoms with van der Waals surface area (Å²) in [6.45, 7) is 0. The maximum atomic E-state index is 13.0. The zero-order valence-corrected chi connectivity index (χ0v) is 11.4. The Balaban J connectivity index is 2.67. The van der Waals surface area contributed by atoms with Gasteiger partial charge in [-0.1, -0.05) is 12.1 Å². The first-order valence-electron chi connectivity index (χ1n) is 6.18. The topological polar surface area (TPSA) is 0 Å². The van der Waals surface area contributed by atoms with Gasteiger partial charge in [0, 0.05) is 5.56 Å². The van der Waals surface area contributed by atoms with Crippen LogP contribution in [0, 0.1) is 6.07 Å². The highest BCUT2D eigenvalue weighted by Crippen LogP contribution is 2.41. The second-order valence-electron chi connectivity index (χ2n) is 4.75. The normalized spacial score (nSPS) is 13.2. The van der Waals surface area contributed by atoms with Gasteiger partial charge in [-0.2, -0.15) is 39.5 Å². The van der Waals surface area contributed by atoms with Crippen molar-refractivity contribution >= 4 is 0 Å². The molecular formula is C15H6F9. The summed E-state index contributed by atoms with van der Waals surface area (Å²) in [5.41, 5.74) is -5.95. The van der Waals surface area contributed by atoms with Crippen LogP contribution < -0.4 is 0 Å². The van der Waals surface area contributed by atoms with Crippen LogP contribution in [-0.4, -0.2) is 0 Å². The largest absolute Gasteiger partial charge is 0.417 e. The van der Waals surface area contributed by atoms with E-state index in [4.69, 9.17) is 0 Å². The van der Waals surface area contributed by atoms with Crippen LogP contribution in [0.3, 0.4) is 0 Å². The van der Waals surface area contributed by atoms with E-state index in [1.807, 2.05) is 0 Å². The van der Waals surface area contributed by atoms with Gasteiger partial charge in [0.05, 0.1) is 16.7 Å². The van der Waals surface area contributed by atoms with E-state index in [0.29, 0.717) is 12.1 Å². The van der Waals surface area contributed by atoms with Crippen molar-refractivity contribution in [3.8, 4) is 11.1 Å². The molecule has 0 aromatic heterocycles. The van der Waals surface area contributed by atoms with Crippen LogP contribution in [0.4, 0.5) is 39.5 Å². The zero-order valence-electron chi connectivity index (χ0n) is 11.4. The molecule has 0 fully saturated rings. The van der Waals surface area contributed by atoms with Crippen molar-refractivity contribution in [1.82, 2.24) is 0 Å². The molecule has 0 heterocycles. The van der Waals surface area contributed by atoms with Crippen molar-refractivity contribution < 1.29 is 39.5 Å². The summed E-state index contributed by atoms with van der Waals surface area (Å²) in [5, 5.41) is 0. The highest BCUT2D eigenvalue weighted by molar-refractivity contribution is 5.69. The number of alkyl halides is 9. The second kappa shape index (κ2) is 5.71. The molecule has 2 rings (SSSR count). The molecule has 2 aromatic rings. The molecule has 24 heavy (non-hydrogen) atoms. The van der Waals surface area contributed by atoms with Crippen LogP contribution in [-0.2, 0) is 18.5 Å². The third-order valence-electron chi connectivity index (χ3n) is 3.05. The smallest absolute Gasteiger partial charge is 0.166 e. The first kappa shape index (κ1) is 18.2. The van der Waals surface area contributed by atoms with Crippen molar-refractivity contribution in [3.63, 3.8) is 0 Å². The summed E-state index contributed by atoms with van der Waals surface area (Å²) in [6.07, 6.45) is -15.0. The molecule has 0 spiro atoms. The van der Waals surface area contributed by atoms with Gasteiger partial charge < -0.3 is 0 Å². The SMILES string of the molecule is FC(F)(F)c1cccc(-c2[c]cc(C(F)(F)F)cc2C(F)(F)F)c1. The minimum atomic E-state index is -5.19. The summed E-state index contributed by atoms with van der Waals surface area (Å²) in [6, 6.07) is 4.79. The van der Waals surface area contributed by atoms with E-state index in [0.717, 1.165) is 12.1 Å². The van der Waals surface area contributed by atoms with Crippen molar-refractivity contribution in [1.29, 1.82) is 0 Å². The molecule has 0 saturated carbocycles. The van der Waals surface area contributed by atoms with E-state index < -0.39 is 46.3 Å². The summed E-state index contributed by atoms with van der Waals surface area (Å²) < 4.78 is 115. The van der Waals surface area contributed by atoms with E-state index >= 15 is 0 Å². The Kier molecular flexibility index (Phi) is 4.32. The fourth-order valence-corrected chi connectivity index (χ4v) is 1.97. The molecule has 0 aliphatic rings. The quantitative estimate of drug-likeness (QED) is 0.532. The van der Waals surface area contributed by atoms with E-state index in [1.165, 1.54) is 0 Å². The Bertz CT molecular complexity index is 736. The molecule has 9 heteroatoms. The monoisotopic (exact) mass is 357 g/mol. The number of halogens is 9. The molecule has 0 aliphatic heterocycles. The molecule has 0 bridgehead atoms. The average molecular weight is 357 g/mol. The van der Waals surface area contributed by atoms with Gasteiger partial charge in [-0.05, 0) is 35.9 Å². The van der Waals surface area contributed by atoms with Crippen LogP contribution in [0.25, 0.3) is 11.1 Å². The van der Waals surface area contributed by atoms with Gasteiger partial charge in [0.2, 0.25) is 0 Å². The molecule has 0 nitrogen and oxygen atoms in total. The Morgan fingerprint density at radius 2 is 1.25 bits per heavy atom. The molecular weight excluding hydrogens is 351 g/mol. The molecule has 1 radical (unpaired) electrons. The number of rotatable bonds is 1. The maximum absolute atomic E-state index is 13.0. The Hall–Kier alpha value is -2.19. The van der Waals surface area contributed by atoms with Crippen LogP contribution >= 0.6 is 0 Å². The van der Waals surface area contributed by atoms with Crippen LogP contribution in [0.5, 0.6) is 0 Å². The fourth-order valence-electron chi connectivity index (χ4n) is 1.97. The molecule has 0 N–H and O–H groups in total. The Morgan fingerprint density at radius 1 is 0.667 bits per heavy atom. The lowest BCUT2D eigenvalue weighted by Crippen LogP contribution is -2.12.